The highest BCUT2D eigenvalue weighted by Crippen LogP contribution is 2.33. The number of nitrogens with zero attached hydrogens (tertiary/aromatic N) is 1. The highest BCUT2D eigenvalue weighted by atomic mass is 35.7. The number of alkyl halides is 3. The molecule has 0 aliphatic carbocycles. The molecule has 1 heterocycles. The summed E-state index contributed by atoms with van der Waals surface area (Å²) in [5.41, 5.74) is -0.358. The second kappa shape index (κ2) is 4.81. The number of methoxy groups -OCH3 is 1. The first-order valence-corrected chi connectivity index (χ1v) is 6.61. The van der Waals surface area contributed by atoms with Crippen molar-refractivity contribution >= 4 is 19.7 Å². The van der Waals surface area contributed by atoms with Gasteiger partial charge < -0.3 is 9.47 Å². The van der Waals surface area contributed by atoms with Crippen LogP contribution in [0.5, 0.6) is 11.6 Å². The summed E-state index contributed by atoms with van der Waals surface area (Å²) in [5.74, 6) is -1.10. The van der Waals surface area contributed by atoms with Crippen molar-refractivity contribution in [2.75, 3.05) is 7.11 Å². The maximum Gasteiger partial charge on any atom is 0.573 e. The molecule has 0 spiro atoms. The average molecular weight is 306 g/mol. The van der Waals surface area contributed by atoms with Crippen molar-refractivity contribution in [3.63, 3.8) is 0 Å². The van der Waals surface area contributed by atoms with Crippen LogP contribution in [0, 0.1) is 6.92 Å². The first-order chi connectivity index (χ1) is 8.04. The Hall–Kier alpha value is -1.22. The van der Waals surface area contributed by atoms with Gasteiger partial charge in [-0.1, -0.05) is 0 Å². The molecule has 102 valence electrons. The fourth-order valence-electron chi connectivity index (χ4n) is 1.11. The summed E-state index contributed by atoms with van der Waals surface area (Å²) in [6.07, 6.45) is -4.97. The van der Waals surface area contributed by atoms with Gasteiger partial charge in [-0.05, 0) is 6.92 Å². The summed E-state index contributed by atoms with van der Waals surface area (Å²) in [6, 6.07) is 0.814. The van der Waals surface area contributed by atoms with Gasteiger partial charge in [0.05, 0.1) is 7.11 Å². The quantitative estimate of drug-likeness (QED) is 0.801. The first-order valence-electron chi connectivity index (χ1n) is 4.30. The molecule has 0 unspecified atom stereocenters. The van der Waals surface area contributed by atoms with Gasteiger partial charge in [0.25, 0.3) is 9.05 Å². The van der Waals surface area contributed by atoms with Gasteiger partial charge in [0.2, 0.25) is 5.88 Å². The summed E-state index contributed by atoms with van der Waals surface area (Å²) in [6.45, 7) is 1.09. The Bertz CT molecular complexity index is 558. The van der Waals surface area contributed by atoms with Gasteiger partial charge in [-0.15, -0.1) is 13.2 Å². The molecule has 0 N–H and O–H groups in total. The lowest BCUT2D eigenvalue weighted by atomic mass is 10.3. The van der Waals surface area contributed by atoms with Gasteiger partial charge in [0, 0.05) is 22.3 Å². The molecular weight excluding hydrogens is 299 g/mol. The van der Waals surface area contributed by atoms with Gasteiger partial charge in [-0.2, -0.15) is 4.98 Å². The van der Waals surface area contributed by atoms with Crippen molar-refractivity contribution in [2.45, 2.75) is 18.3 Å². The number of aromatic nitrogens is 1. The van der Waals surface area contributed by atoms with E-state index in [0.717, 1.165) is 20.1 Å². The van der Waals surface area contributed by atoms with Crippen LogP contribution in [-0.4, -0.2) is 26.9 Å². The lowest BCUT2D eigenvalue weighted by Gasteiger charge is -2.13. The monoisotopic (exact) mass is 305 g/mol. The van der Waals surface area contributed by atoms with Crippen molar-refractivity contribution in [1.82, 2.24) is 4.98 Å². The van der Waals surface area contributed by atoms with E-state index in [-0.39, 0.29) is 11.4 Å². The number of pyridine rings is 1. The Kier molecular flexibility index (Phi) is 3.96. The summed E-state index contributed by atoms with van der Waals surface area (Å²) < 4.78 is 66.9. The molecule has 0 atom stereocenters. The molecule has 0 aromatic carbocycles. The minimum absolute atomic E-state index is 0.358. The van der Waals surface area contributed by atoms with Gasteiger partial charge in [-0.3, -0.25) is 0 Å². The zero-order valence-electron chi connectivity index (χ0n) is 9.08. The fourth-order valence-corrected chi connectivity index (χ4v) is 2.23. The van der Waals surface area contributed by atoms with E-state index < -0.39 is 26.2 Å². The number of halogens is 4. The Morgan fingerprint density at radius 2 is 1.94 bits per heavy atom. The summed E-state index contributed by atoms with van der Waals surface area (Å²) in [5, 5.41) is -0.747. The van der Waals surface area contributed by atoms with Gasteiger partial charge >= 0.3 is 6.36 Å². The zero-order chi connectivity index (χ0) is 14.1. The van der Waals surface area contributed by atoms with E-state index in [4.69, 9.17) is 10.7 Å². The molecule has 0 bridgehead atoms. The Morgan fingerprint density at radius 1 is 1.39 bits per heavy atom. The molecule has 0 aliphatic heterocycles. The predicted octanol–water partition coefficient (Wildman–Crippen LogP) is 2.22. The highest BCUT2D eigenvalue weighted by molar-refractivity contribution is 8.13. The lowest BCUT2D eigenvalue weighted by Crippen LogP contribution is -2.18. The summed E-state index contributed by atoms with van der Waals surface area (Å²) in [7, 11) is 1.85. The Balaban J connectivity index is 3.44. The number of ether oxygens (including phenoxy) is 2. The van der Waals surface area contributed by atoms with E-state index in [9.17, 15) is 21.6 Å². The Labute approximate surface area is 105 Å². The van der Waals surface area contributed by atoms with Crippen LogP contribution in [0.15, 0.2) is 11.1 Å². The molecule has 1 rings (SSSR count). The average Bonchev–Trinajstić information content (AvgIpc) is 2.17. The van der Waals surface area contributed by atoms with Crippen LogP contribution in [0.2, 0.25) is 0 Å². The van der Waals surface area contributed by atoms with E-state index in [1.54, 1.807) is 0 Å². The zero-order valence-corrected chi connectivity index (χ0v) is 10.7. The molecule has 0 aliphatic rings. The van der Waals surface area contributed by atoms with E-state index in [1.165, 1.54) is 0 Å². The van der Waals surface area contributed by atoms with Crippen molar-refractivity contribution in [3.8, 4) is 11.6 Å². The smallest absolute Gasteiger partial charge is 0.481 e. The molecule has 0 amide bonds. The van der Waals surface area contributed by atoms with Crippen LogP contribution in [0.1, 0.15) is 5.56 Å². The van der Waals surface area contributed by atoms with Gasteiger partial charge in [0.15, 0.2) is 5.03 Å². The molecule has 0 radical (unpaired) electrons. The third-order valence-electron chi connectivity index (χ3n) is 1.82. The van der Waals surface area contributed by atoms with Crippen LogP contribution < -0.4 is 9.47 Å². The fraction of sp³-hybridized carbons (Fsp3) is 0.375. The Morgan fingerprint density at radius 3 is 2.33 bits per heavy atom. The molecule has 0 fully saturated rings. The molecule has 1 aromatic rings. The van der Waals surface area contributed by atoms with E-state index in [1.807, 2.05) is 0 Å². The number of hydrogen-bond donors (Lipinski definition) is 0. The van der Waals surface area contributed by atoms with E-state index in [2.05, 4.69) is 14.5 Å². The number of hydrogen-bond acceptors (Lipinski definition) is 5. The molecule has 5 nitrogen and oxygen atoms in total. The summed E-state index contributed by atoms with van der Waals surface area (Å²) >= 11 is 0. The molecule has 1 aromatic heterocycles. The van der Waals surface area contributed by atoms with Gasteiger partial charge in [-0.25, -0.2) is 8.42 Å². The van der Waals surface area contributed by atoms with Crippen LogP contribution in [0.3, 0.4) is 0 Å². The molecule has 10 heteroatoms. The minimum Gasteiger partial charge on any atom is -0.481 e. The van der Waals surface area contributed by atoms with Crippen LogP contribution in [0.25, 0.3) is 0 Å². The van der Waals surface area contributed by atoms with E-state index in [0.29, 0.717) is 0 Å². The summed E-state index contributed by atoms with van der Waals surface area (Å²) in [4.78, 5) is 3.46. The molecule has 0 saturated heterocycles. The second-order valence-electron chi connectivity index (χ2n) is 3.08. The molecule has 0 saturated carbocycles. The molecular formula is C8H7ClF3NO4S. The van der Waals surface area contributed by atoms with Crippen molar-refractivity contribution < 1.29 is 31.1 Å². The maximum atomic E-state index is 12.1. The maximum absolute atomic E-state index is 12.1. The normalized spacial score (nSPS) is 12.3. The molecule has 18 heavy (non-hydrogen) atoms. The minimum atomic E-state index is -4.97. The second-order valence-corrected chi connectivity index (χ2v) is 5.56. The van der Waals surface area contributed by atoms with Crippen LogP contribution in [0.4, 0.5) is 13.2 Å². The third kappa shape index (κ3) is 3.64. The standard InChI is InChI=1S/C8H7ClF3NO4S/c1-4-5(17-8(10,11)12)3-6(16-2)13-7(4)18(9,14)15/h3H,1-2H3. The van der Waals surface area contributed by atoms with Crippen LogP contribution in [-0.2, 0) is 9.05 Å². The highest BCUT2D eigenvalue weighted by Gasteiger charge is 2.33. The lowest BCUT2D eigenvalue weighted by molar-refractivity contribution is -0.275. The van der Waals surface area contributed by atoms with Crippen molar-refractivity contribution in [3.05, 3.63) is 11.6 Å². The third-order valence-corrected chi connectivity index (χ3v) is 3.12. The van der Waals surface area contributed by atoms with Crippen LogP contribution >= 0.6 is 10.7 Å². The number of rotatable bonds is 3. The van der Waals surface area contributed by atoms with Crippen molar-refractivity contribution in [2.24, 2.45) is 0 Å². The van der Waals surface area contributed by atoms with Crippen molar-refractivity contribution in [1.29, 1.82) is 0 Å². The topological polar surface area (TPSA) is 65.5 Å². The van der Waals surface area contributed by atoms with E-state index >= 15 is 0 Å². The van der Waals surface area contributed by atoms with Gasteiger partial charge in [0.1, 0.15) is 5.75 Å². The SMILES string of the molecule is COc1cc(OC(F)(F)F)c(C)c(S(=O)(=O)Cl)n1. The first kappa shape index (κ1) is 14.8. The largest absolute Gasteiger partial charge is 0.573 e. The predicted molar refractivity (Wildman–Crippen MR) is 55.2 cm³/mol.